The van der Waals surface area contributed by atoms with E-state index in [-0.39, 0.29) is 24.3 Å². The SMILES string of the molecule is CC1CC(C)CN(CC(C)NC(=O)CC2Sc3ccc(Cl)cc3NC2=O)C1. The number of amides is 2. The number of likely N-dealkylation sites (tertiary alicyclic amines) is 1. The molecule has 1 fully saturated rings. The molecular weight excluding hydrogens is 382 g/mol. The zero-order valence-electron chi connectivity index (χ0n) is 16.1. The third-order valence-electron chi connectivity index (χ3n) is 5.02. The molecule has 7 heteroatoms. The summed E-state index contributed by atoms with van der Waals surface area (Å²) in [6.45, 7) is 9.64. The van der Waals surface area contributed by atoms with Gasteiger partial charge in [0.25, 0.3) is 0 Å². The summed E-state index contributed by atoms with van der Waals surface area (Å²) in [7, 11) is 0. The standard InChI is InChI=1S/C20H28ClN3O2S/c1-12-6-13(2)10-24(9-12)11-14(3)22-19(25)8-18-20(26)23-16-7-15(21)4-5-17(16)27-18/h4-5,7,12-14,18H,6,8-11H2,1-3H3,(H,22,25)(H,23,26). The van der Waals surface area contributed by atoms with Crippen LogP contribution in [-0.2, 0) is 9.59 Å². The van der Waals surface area contributed by atoms with E-state index in [4.69, 9.17) is 11.6 Å². The van der Waals surface area contributed by atoms with Crippen LogP contribution in [0.5, 0.6) is 0 Å². The molecule has 2 amide bonds. The number of nitrogens with one attached hydrogen (secondary N) is 2. The summed E-state index contributed by atoms with van der Waals surface area (Å²) >= 11 is 7.40. The molecule has 4 unspecified atom stereocenters. The Kier molecular flexibility index (Phi) is 6.71. The molecule has 148 valence electrons. The molecule has 1 aromatic rings. The van der Waals surface area contributed by atoms with Crippen LogP contribution in [0.15, 0.2) is 23.1 Å². The van der Waals surface area contributed by atoms with E-state index in [1.54, 1.807) is 12.1 Å². The van der Waals surface area contributed by atoms with Crippen LogP contribution in [0.4, 0.5) is 5.69 Å². The number of anilines is 1. The van der Waals surface area contributed by atoms with Crippen molar-refractivity contribution in [1.29, 1.82) is 0 Å². The molecule has 4 atom stereocenters. The van der Waals surface area contributed by atoms with Gasteiger partial charge in [0.2, 0.25) is 11.8 Å². The van der Waals surface area contributed by atoms with Gasteiger partial charge in [-0.2, -0.15) is 0 Å². The van der Waals surface area contributed by atoms with Gasteiger partial charge in [-0.25, -0.2) is 0 Å². The molecule has 0 radical (unpaired) electrons. The second kappa shape index (κ2) is 8.84. The highest BCUT2D eigenvalue weighted by molar-refractivity contribution is 8.01. The van der Waals surface area contributed by atoms with Gasteiger partial charge in [-0.3, -0.25) is 9.59 Å². The van der Waals surface area contributed by atoms with E-state index in [9.17, 15) is 9.59 Å². The number of carbonyl (C=O) groups excluding carboxylic acids is 2. The Hall–Kier alpha value is -1.24. The number of hydrogen-bond donors (Lipinski definition) is 2. The normalized spacial score (nSPS) is 26.8. The monoisotopic (exact) mass is 409 g/mol. The Balaban J connectivity index is 1.50. The molecule has 0 bridgehead atoms. The van der Waals surface area contributed by atoms with Gasteiger partial charge >= 0.3 is 0 Å². The number of carbonyl (C=O) groups is 2. The second-order valence-corrected chi connectivity index (χ2v) is 9.75. The predicted molar refractivity (Wildman–Crippen MR) is 111 cm³/mol. The predicted octanol–water partition coefficient (Wildman–Crippen LogP) is 3.63. The van der Waals surface area contributed by atoms with Crippen LogP contribution in [-0.4, -0.2) is 47.6 Å². The number of hydrogen-bond acceptors (Lipinski definition) is 4. The number of nitrogens with zero attached hydrogens (tertiary/aromatic N) is 1. The van der Waals surface area contributed by atoms with Gasteiger partial charge in [0.05, 0.1) is 10.9 Å². The summed E-state index contributed by atoms with van der Waals surface area (Å²) < 4.78 is 0. The van der Waals surface area contributed by atoms with Gasteiger partial charge in [0.1, 0.15) is 0 Å². The summed E-state index contributed by atoms with van der Waals surface area (Å²) in [6, 6.07) is 5.48. The van der Waals surface area contributed by atoms with Crippen molar-refractivity contribution in [2.45, 2.75) is 49.8 Å². The minimum absolute atomic E-state index is 0.0674. The van der Waals surface area contributed by atoms with Crippen molar-refractivity contribution in [2.75, 3.05) is 25.0 Å². The first kappa shape index (κ1) is 20.5. The van der Waals surface area contributed by atoms with E-state index in [1.807, 2.05) is 13.0 Å². The maximum absolute atomic E-state index is 12.5. The first-order valence-corrected chi connectivity index (χ1v) is 10.8. The molecule has 1 saturated heterocycles. The number of benzene rings is 1. The third kappa shape index (κ3) is 5.62. The van der Waals surface area contributed by atoms with E-state index in [1.165, 1.54) is 18.2 Å². The fraction of sp³-hybridized carbons (Fsp3) is 0.600. The largest absolute Gasteiger partial charge is 0.352 e. The van der Waals surface area contributed by atoms with Gasteiger partial charge in [-0.05, 0) is 43.4 Å². The number of piperidine rings is 1. The van der Waals surface area contributed by atoms with Crippen molar-refractivity contribution in [1.82, 2.24) is 10.2 Å². The Bertz CT molecular complexity index is 704. The van der Waals surface area contributed by atoms with Gasteiger partial charge in [-0.1, -0.05) is 25.4 Å². The first-order valence-electron chi connectivity index (χ1n) is 9.59. The van der Waals surface area contributed by atoms with E-state index in [0.29, 0.717) is 16.9 Å². The summed E-state index contributed by atoms with van der Waals surface area (Å²) in [6.07, 6.45) is 1.45. The smallest absolute Gasteiger partial charge is 0.238 e. The van der Waals surface area contributed by atoms with Crippen molar-refractivity contribution in [3.63, 3.8) is 0 Å². The van der Waals surface area contributed by atoms with Crippen LogP contribution in [0.1, 0.15) is 33.6 Å². The third-order valence-corrected chi connectivity index (χ3v) is 6.53. The Morgan fingerprint density at radius 2 is 2.07 bits per heavy atom. The lowest BCUT2D eigenvalue weighted by Crippen LogP contribution is -2.47. The van der Waals surface area contributed by atoms with Crippen LogP contribution in [0, 0.1) is 11.8 Å². The van der Waals surface area contributed by atoms with Gasteiger partial charge in [-0.15, -0.1) is 11.8 Å². The second-order valence-electron chi connectivity index (χ2n) is 8.07. The van der Waals surface area contributed by atoms with Gasteiger partial charge in [0.15, 0.2) is 0 Å². The molecule has 2 aliphatic heterocycles. The average molecular weight is 410 g/mol. The lowest BCUT2D eigenvalue weighted by Gasteiger charge is -2.36. The minimum atomic E-state index is -0.416. The number of fused-ring (bicyclic) bond motifs is 1. The molecule has 1 aromatic carbocycles. The zero-order chi connectivity index (χ0) is 19.6. The minimum Gasteiger partial charge on any atom is -0.352 e. The van der Waals surface area contributed by atoms with Crippen LogP contribution in [0.3, 0.4) is 0 Å². The number of thioether (sulfide) groups is 1. The molecule has 2 heterocycles. The summed E-state index contributed by atoms with van der Waals surface area (Å²) in [4.78, 5) is 28.2. The van der Waals surface area contributed by atoms with E-state index >= 15 is 0 Å². The lowest BCUT2D eigenvalue weighted by molar-refractivity contribution is -0.124. The molecule has 0 spiro atoms. The molecule has 27 heavy (non-hydrogen) atoms. The van der Waals surface area contributed by atoms with Crippen LogP contribution in [0.2, 0.25) is 5.02 Å². The van der Waals surface area contributed by atoms with Crippen molar-refractivity contribution >= 4 is 40.9 Å². The average Bonchev–Trinajstić information content (AvgIpc) is 2.54. The molecule has 0 aliphatic carbocycles. The molecular formula is C20H28ClN3O2S. The molecule has 2 aliphatic rings. The van der Waals surface area contributed by atoms with E-state index in [0.717, 1.165) is 30.2 Å². The molecule has 5 nitrogen and oxygen atoms in total. The fourth-order valence-electron chi connectivity index (χ4n) is 4.13. The highest BCUT2D eigenvalue weighted by Gasteiger charge is 2.30. The van der Waals surface area contributed by atoms with E-state index in [2.05, 4.69) is 29.4 Å². The lowest BCUT2D eigenvalue weighted by atomic mass is 9.92. The number of halogens is 1. The molecule has 3 rings (SSSR count). The van der Waals surface area contributed by atoms with Crippen molar-refractivity contribution < 1.29 is 9.59 Å². The summed E-state index contributed by atoms with van der Waals surface area (Å²) in [5.41, 5.74) is 0.718. The molecule has 0 saturated carbocycles. The van der Waals surface area contributed by atoms with Crippen molar-refractivity contribution in [3.05, 3.63) is 23.2 Å². The maximum atomic E-state index is 12.5. The Morgan fingerprint density at radius 1 is 1.37 bits per heavy atom. The van der Waals surface area contributed by atoms with Crippen molar-refractivity contribution in [2.24, 2.45) is 11.8 Å². The van der Waals surface area contributed by atoms with Crippen LogP contribution in [0.25, 0.3) is 0 Å². The summed E-state index contributed by atoms with van der Waals surface area (Å²) in [5.74, 6) is 1.18. The van der Waals surface area contributed by atoms with Crippen LogP contribution < -0.4 is 10.6 Å². The Labute approximate surface area is 170 Å². The highest BCUT2D eigenvalue weighted by atomic mass is 35.5. The first-order chi connectivity index (χ1) is 12.8. The van der Waals surface area contributed by atoms with Crippen LogP contribution >= 0.6 is 23.4 Å². The topological polar surface area (TPSA) is 61.4 Å². The molecule has 2 N–H and O–H groups in total. The van der Waals surface area contributed by atoms with Crippen molar-refractivity contribution in [3.8, 4) is 0 Å². The maximum Gasteiger partial charge on any atom is 0.238 e. The van der Waals surface area contributed by atoms with Gasteiger partial charge < -0.3 is 15.5 Å². The van der Waals surface area contributed by atoms with E-state index < -0.39 is 5.25 Å². The zero-order valence-corrected chi connectivity index (χ0v) is 17.7. The quantitative estimate of drug-likeness (QED) is 0.779. The summed E-state index contributed by atoms with van der Waals surface area (Å²) in [5, 5.41) is 6.08. The fourth-order valence-corrected chi connectivity index (χ4v) is 5.40. The number of rotatable bonds is 5. The highest BCUT2D eigenvalue weighted by Crippen LogP contribution is 2.38. The van der Waals surface area contributed by atoms with Gasteiger partial charge in [0, 0.05) is 42.0 Å². The molecule has 0 aromatic heterocycles. The Morgan fingerprint density at radius 3 is 2.78 bits per heavy atom.